The van der Waals surface area contributed by atoms with Gasteiger partial charge in [0, 0.05) is 34.4 Å². The molecule has 2 N–H and O–H groups in total. The molecule has 0 aliphatic heterocycles. The number of hydrogen-bond acceptors (Lipinski definition) is 3. The summed E-state index contributed by atoms with van der Waals surface area (Å²) in [5, 5.41) is 9.51. The lowest BCUT2D eigenvalue weighted by atomic mass is 9.73. The van der Waals surface area contributed by atoms with Crippen molar-refractivity contribution in [2.24, 2.45) is 17.8 Å². The van der Waals surface area contributed by atoms with Crippen LogP contribution in [0.25, 0.3) is 10.9 Å². The first-order valence-corrected chi connectivity index (χ1v) is 11.1. The SMILES string of the molecule is Clc1ccc2c(NCCCNC34CCCC5CC(CC5C3)C4)ccnc2c1. The number of rotatable bonds is 6. The maximum atomic E-state index is 6.09. The van der Waals surface area contributed by atoms with E-state index in [1.807, 2.05) is 18.3 Å². The summed E-state index contributed by atoms with van der Waals surface area (Å²) in [5.41, 5.74) is 2.57. The summed E-state index contributed by atoms with van der Waals surface area (Å²) in [6, 6.07) is 7.99. The first-order chi connectivity index (χ1) is 13.2. The summed E-state index contributed by atoms with van der Waals surface area (Å²) in [6.07, 6.45) is 13.3. The average Bonchev–Trinajstić information content (AvgIpc) is 2.88. The van der Waals surface area contributed by atoms with Crippen molar-refractivity contribution in [3.63, 3.8) is 0 Å². The fourth-order valence-corrected chi connectivity index (χ4v) is 6.49. The minimum atomic E-state index is 0.457. The monoisotopic (exact) mass is 383 g/mol. The van der Waals surface area contributed by atoms with Gasteiger partial charge in [-0.05, 0) is 87.1 Å². The minimum absolute atomic E-state index is 0.457. The highest BCUT2D eigenvalue weighted by atomic mass is 35.5. The van der Waals surface area contributed by atoms with E-state index in [9.17, 15) is 0 Å². The Morgan fingerprint density at radius 2 is 2.04 bits per heavy atom. The number of nitrogens with zero attached hydrogens (tertiary/aromatic N) is 1. The molecule has 1 heterocycles. The number of anilines is 1. The van der Waals surface area contributed by atoms with Crippen LogP contribution in [0.3, 0.4) is 0 Å². The Morgan fingerprint density at radius 3 is 3.00 bits per heavy atom. The second-order valence-corrected chi connectivity index (χ2v) is 9.60. The van der Waals surface area contributed by atoms with Crippen LogP contribution in [0, 0.1) is 17.8 Å². The van der Waals surface area contributed by atoms with Crippen LogP contribution in [0.1, 0.15) is 51.4 Å². The molecule has 3 aliphatic rings. The zero-order valence-electron chi connectivity index (χ0n) is 16.0. The lowest BCUT2D eigenvalue weighted by Gasteiger charge is -2.41. The molecule has 3 saturated carbocycles. The van der Waals surface area contributed by atoms with Crippen molar-refractivity contribution in [1.29, 1.82) is 0 Å². The van der Waals surface area contributed by atoms with E-state index in [0.29, 0.717) is 5.54 Å². The Labute approximate surface area is 167 Å². The number of hydrogen-bond donors (Lipinski definition) is 2. The zero-order valence-corrected chi connectivity index (χ0v) is 16.8. The standard InChI is InChI=1S/C23H30ClN3/c24-19-4-5-20-21(6-10-26-22(20)13-19)25-8-2-9-27-23-7-1-3-17-11-16(14-23)12-18(17)15-23/h4-6,10,13,16-18,27H,1-3,7-9,11-12,14-15H2,(H,25,26). The molecule has 0 amide bonds. The lowest BCUT2D eigenvalue weighted by Crippen LogP contribution is -2.49. The highest BCUT2D eigenvalue weighted by Crippen LogP contribution is 2.54. The van der Waals surface area contributed by atoms with Gasteiger partial charge in [-0.3, -0.25) is 4.98 Å². The zero-order chi connectivity index (χ0) is 18.3. The topological polar surface area (TPSA) is 37.0 Å². The molecule has 4 unspecified atom stereocenters. The molecule has 3 fully saturated rings. The molecule has 0 saturated heterocycles. The number of aromatic nitrogens is 1. The van der Waals surface area contributed by atoms with E-state index >= 15 is 0 Å². The molecule has 3 bridgehead atoms. The van der Waals surface area contributed by atoms with Crippen LogP contribution < -0.4 is 10.6 Å². The van der Waals surface area contributed by atoms with Crippen LogP contribution in [-0.2, 0) is 0 Å². The summed E-state index contributed by atoms with van der Waals surface area (Å²) >= 11 is 6.09. The van der Waals surface area contributed by atoms with Crippen molar-refractivity contribution in [3.05, 3.63) is 35.5 Å². The average molecular weight is 384 g/mol. The highest BCUT2D eigenvalue weighted by Gasteiger charge is 2.49. The number of benzene rings is 1. The Kier molecular flexibility index (Phi) is 4.77. The Morgan fingerprint density at radius 1 is 1.11 bits per heavy atom. The first kappa shape index (κ1) is 17.8. The second kappa shape index (κ2) is 7.25. The molecule has 0 radical (unpaired) electrons. The second-order valence-electron chi connectivity index (χ2n) is 9.17. The smallest absolute Gasteiger partial charge is 0.0737 e. The van der Waals surface area contributed by atoms with Gasteiger partial charge in [-0.25, -0.2) is 0 Å². The number of nitrogens with one attached hydrogen (secondary N) is 2. The van der Waals surface area contributed by atoms with E-state index in [2.05, 4.69) is 27.8 Å². The molecule has 27 heavy (non-hydrogen) atoms. The van der Waals surface area contributed by atoms with E-state index in [-0.39, 0.29) is 0 Å². The number of fused-ring (bicyclic) bond motifs is 3. The molecule has 5 rings (SSSR count). The van der Waals surface area contributed by atoms with Crippen molar-refractivity contribution in [2.45, 2.75) is 56.9 Å². The summed E-state index contributed by atoms with van der Waals surface area (Å²) in [4.78, 5) is 4.43. The third-order valence-electron chi connectivity index (χ3n) is 7.38. The van der Waals surface area contributed by atoms with Gasteiger partial charge < -0.3 is 10.6 Å². The van der Waals surface area contributed by atoms with Gasteiger partial charge in [0.2, 0.25) is 0 Å². The van der Waals surface area contributed by atoms with Crippen LogP contribution >= 0.6 is 11.6 Å². The van der Waals surface area contributed by atoms with Gasteiger partial charge in [0.25, 0.3) is 0 Å². The van der Waals surface area contributed by atoms with Gasteiger partial charge in [0.05, 0.1) is 5.52 Å². The van der Waals surface area contributed by atoms with E-state index in [4.69, 9.17) is 11.6 Å². The van der Waals surface area contributed by atoms with Gasteiger partial charge in [-0.1, -0.05) is 24.4 Å². The number of halogens is 1. The quantitative estimate of drug-likeness (QED) is 0.634. The fourth-order valence-electron chi connectivity index (χ4n) is 6.33. The molecular weight excluding hydrogens is 354 g/mol. The molecule has 3 aliphatic carbocycles. The van der Waals surface area contributed by atoms with Gasteiger partial charge >= 0.3 is 0 Å². The van der Waals surface area contributed by atoms with Gasteiger partial charge in [0.1, 0.15) is 0 Å². The number of pyridine rings is 1. The van der Waals surface area contributed by atoms with Gasteiger partial charge in [-0.15, -0.1) is 0 Å². The van der Waals surface area contributed by atoms with E-state index in [0.717, 1.165) is 58.9 Å². The highest BCUT2D eigenvalue weighted by molar-refractivity contribution is 6.31. The van der Waals surface area contributed by atoms with Crippen molar-refractivity contribution in [2.75, 3.05) is 18.4 Å². The largest absolute Gasteiger partial charge is 0.384 e. The van der Waals surface area contributed by atoms with E-state index < -0.39 is 0 Å². The van der Waals surface area contributed by atoms with Crippen molar-refractivity contribution < 1.29 is 0 Å². The third-order valence-corrected chi connectivity index (χ3v) is 7.61. The Bertz CT molecular complexity index is 822. The minimum Gasteiger partial charge on any atom is -0.384 e. The van der Waals surface area contributed by atoms with Gasteiger partial charge in [0.15, 0.2) is 0 Å². The Hall–Kier alpha value is -1.32. The van der Waals surface area contributed by atoms with E-state index in [1.54, 1.807) is 0 Å². The van der Waals surface area contributed by atoms with Crippen LogP contribution in [-0.4, -0.2) is 23.6 Å². The van der Waals surface area contributed by atoms with Crippen LogP contribution in [0.4, 0.5) is 5.69 Å². The van der Waals surface area contributed by atoms with Crippen LogP contribution in [0.15, 0.2) is 30.5 Å². The summed E-state index contributed by atoms with van der Waals surface area (Å²) < 4.78 is 0. The molecule has 144 valence electrons. The summed E-state index contributed by atoms with van der Waals surface area (Å²) in [5.74, 6) is 3.08. The summed E-state index contributed by atoms with van der Waals surface area (Å²) in [7, 11) is 0. The normalized spacial score (nSPS) is 32.0. The molecule has 2 aromatic rings. The van der Waals surface area contributed by atoms with Crippen molar-refractivity contribution in [1.82, 2.24) is 10.3 Å². The molecule has 1 aromatic heterocycles. The first-order valence-electron chi connectivity index (χ1n) is 10.7. The van der Waals surface area contributed by atoms with Gasteiger partial charge in [-0.2, -0.15) is 0 Å². The van der Waals surface area contributed by atoms with Crippen LogP contribution in [0.5, 0.6) is 0 Å². The molecule has 0 spiro atoms. The molecule has 4 atom stereocenters. The molecular formula is C23H30ClN3. The third kappa shape index (κ3) is 3.56. The molecule has 4 heteroatoms. The van der Waals surface area contributed by atoms with E-state index in [1.165, 1.54) is 44.9 Å². The maximum absolute atomic E-state index is 6.09. The van der Waals surface area contributed by atoms with Crippen molar-refractivity contribution in [3.8, 4) is 0 Å². The van der Waals surface area contributed by atoms with Crippen LogP contribution in [0.2, 0.25) is 5.02 Å². The molecule has 3 nitrogen and oxygen atoms in total. The predicted octanol–water partition coefficient (Wildman–Crippen LogP) is 5.64. The fraction of sp³-hybridized carbons (Fsp3) is 0.609. The predicted molar refractivity (Wildman–Crippen MR) is 113 cm³/mol. The maximum Gasteiger partial charge on any atom is 0.0737 e. The summed E-state index contributed by atoms with van der Waals surface area (Å²) in [6.45, 7) is 2.10. The Balaban J connectivity index is 1.16. The van der Waals surface area contributed by atoms with Crippen molar-refractivity contribution >= 4 is 28.2 Å². The molecule has 1 aromatic carbocycles. The lowest BCUT2D eigenvalue weighted by molar-refractivity contribution is 0.165.